The largest absolute Gasteiger partial charge is 0.312 e. The fourth-order valence-electron chi connectivity index (χ4n) is 4.11. The number of hydrogen-bond acceptors (Lipinski definition) is 5. The van der Waals surface area contributed by atoms with Crippen LogP contribution in [0.25, 0.3) is 0 Å². The van der Waals surface area contributed by atoms with Gasteiger partial charge in [0, 0.05) is 51.2 Å². The molecule has 25 heavy (non-hydrogen) atoms. The monoisotopic (exact) mass is 372 g/mol. The molecule has 0 radical (unpaired) electrons. The molecule has 2 aliphatic rings. The van der Waals surface area contributed by atoms with E-state index in [0.717, 1.165) is 25.0 Å². The smallest absolute Gasteiger partial charge is 0.150 e. The van der Waals surface area contributed by atoms with Gasteiger partial charge < -0.3 is 5.32 Å². The van der Waals surface area contributed by atoms with Crippen LogP contribution in [0, 0.1) is 0 Å². The Kier molecular flexibility index (Phi) is 5.80. The molecular formula is C17H29FN4O2S. The topological polar surface area (TPSA) is 67.2 Å². The van der Waals surface area contributed by atoms with Crippen molar-refractivity contribution in [1.29, 1.82) is 0 Å². The van der Waals surface area contributed by atoms with Gasteiger partial charge in [-0.25, -0.2) is 12.8 Å². The maximum Gasteiger partial charge on any atom is 0.150 e. The first-order valence-electron chi connectivity index (χ1n) is 9.10. The van der Waals surface area contributed by atoms with Gasteiger partial charge in [0.2, 0.25) is 0 Å². The Morgan fingerprint density at radius 1 is 1.36 bits per heavy atom. The normalized spacial score (nSPS) is 31.5. The Hall–Kier alpha value is -0.990. The minimum absolute atomic E-state index is 0.142. The van der Waals surface area contributed by atoms with Crippen molar-refractivity contribution in [1.82, 2.24) is 20.0 Å². The fourth-order valence-corrected chi connectivity index (χ4v) is 5.29. The molecule has 6 nitrogen and oxygen atoms in total. The second kappa shape index (κ2) is 7.72. The van der Waals surface area contributed by atoms with Crippen molar-refractivity contribution in [3.05, 3.63) is 18.0 Å². The fraction of sp³-hybridized carbons (Fsp3) is 0.824. The van der Waals surface area contributed by atoms with E-state index < -0.39 is 16.0 Å². The standard InChI is InChI=1S/C17H29FN4O2S/c1-21-15(6-7-20-21)12-22-11-13(18)8-16(22)10-19-14-4-3-5-17(9-14)25(2,23)24/h6-7,13-14,16-17,19H,3-5,8-12H2,1-2H3/t13-,14+,16-,17+/m0/s1. The predicted molar refractivity (Wildman–Crippen MR) is 95.8 cm³/mol. The molecule has 2 heterocycles. The molecule has 1 aromatic heterocycles. The first kappa shape index (κ1) is 18.8. The lowest BCUT2D eigenvalue weighted by molar-refractivity contribution is 0.216. The summed E-state index contributed by atoms with van der Waals surface area (Å²) in [5, 5.41) is 7.46. The SMILES string of the molecule is Cn1nccc1CN1C[C@@H](F)C[C@H]1CN[C@@H]1CCC[C@@H](S(C)(=O)=O)C1. The van der Waals surface area contributed by atoms with E-state index in [1.54, 1.807) is 6.20 Å². The average Bonchev–Trinajstić information content (AvgIpc) is 3.11. The number of aromatic nitrogens is 2. The van der Waals surface area contributed by atoms with Gasteiger partial charge in [0.15, 0.2) is 0 Å². The number of nitrogens with zero attached hydrogens (tertiary/aromatic N) is 3. The number of halogens is 1. The first-order chi connectivity index (χ1) is 11.8. The van der Waals surface area contributed by atoms with Crippen LogP contribution in [0.1, 0.15) is 37.8 Å². The van der Waals surface area contributed by atoms with E-state index in [1.165, 1.54) is 6.26 Å². The highest BCUT2D eigenvalue weighted by molar-refractivity contribution is 7.91. The molecule has 142 valence electrons. The molecular weight excluding hydrogens is 343 g/mol. The molecule has 0 spiro atoms. The first-order valence-corrected chi connectivity index (χ1v) is 11.1. The van der Waals surface area contributed by atoms with Gasteiger partial charge in [-0.2, -0.15) is 5.10 Å². The zero-order chi connectivity index (χ0) is 18.0. The Labute approximate surface area is 149 Å². The second-order valence-corrected chi connectivity index (χ2v) is 9.91. The number of likely N-dealkylation sites (tertiary alicyclic amines) is 1. The lowest BCUT2D eigenvalue weighted by atomic mass is 9.94. The highest BCUT2D eigenvalue weighted by atomic mass is 32.2. The Morgan fingerprint density at radius 3 is 2.84 bits per heavy atom. The number of sulfone groups is 1. The van der Waals surface area contributed by atoms with Crippen LogP contribution in [-0.4, -0.2) is 65.9 Å². The van der Waals surface area contributed by atoms with Crippen molar-refractivity contribution in [3.63, 3.8) is 0 Å². The third-order valence-corrected chi connectivity index (χ3v) is 7.28. The summed E-state index contributed by atoms with van der Waals surface area (Å²) in [6.07, 6.45) is 6.21. The van der Waals surface area contributed by atoms with Gasteiger partial charge in [0.05, 0.1) is 10.9 Å². The van der Waals surface area contributed by atoms with E-state index >= 15 is 0 Å². The molecule has 3 rings (SSSR count). The van der Waals surface area contributed by atoms with Crippen molar-refractivity contribution in [2.45, 2.75) is 62.2 Å². The van der Waals surface area contributed by atoms with E-state index in [1.807, 2.05) is 17.8 Å². The number of rotatable bonds is 6. The van der Waals surface area contributed by atoms with Crippen LogP contribution >= 0.6 is 0 Å². The molecule has 1 aliphatic carbocycles. The van der Waals surface area contributed by atoms with Crippen LogP contribution in [0.2, 0.25) is 0 Å². The lowest BCUT2D eigenvalue weighted by Gasteiger charge is -2.31. The second-order valence-electron chi connectivity index (χ2n) is 7.59. The highest BCUT2D eigenvalue weighted by Crippen LogP contribution is 2.26. The van der Waals surface area contributed by atoms with Crippen molar-refractivity contribution in [2.75, 3.05) is 19.3 Å². The zero-order valence-corrected chi connectivity index (χ0v) is 15.9. The summed E-state index contributed by atoms with van der Waals surface area (Å²) in [6.45, 7) is 1.85. The van der Waals surface area contributed by atoms with Crippen LogP contribution < -0.4 is 5.32 Å². The lowest BCUT2D eigenvalue weighted by Crippen LogP contribution is -2.45. The Bertz CT molecular complexity index is 678. The van der Waals surface area contributed by atoms with Crippen LogP contribution in [0.15, 0.2) is 12.3 Å². The van der Waals surface area contributed by atoms with E-state index in [4.69, 9.17) is 0 Å². The van der Waals surface area contributed by atoms with E-state index in [2.05, 4.69) is 15.3 Å². The third kappa shape index (κ3) is 4.80. The molecule has 0 unspecified atom stereocenters. The third-order valence-electron chi connectivity index (χ3n) is 5.64. The summed E-state index contributed by atoms with van der Waals surface area (Å²) in [7, 11) is -1.07. The molecule has 2 fully saturated rings. The average molecular weight is 373 g/mol. The Balaban J connectivity index is 1.55. The zero-order valence-electron chi connectivity index (χ0n) is 15.1. The minimum atomic E-state index is -2.97. The molecule has 8 heteroatoms. The molecule has 1 saturated carbocycles. The van der Waals surface area contributed by atoms with Crippen LogP contribution in [0.4, 0.5) is 4.39 Å². The maximum absolute atomic E-state index is 14.0. The van der Waals surface area contributed by atoms with Crippen molar-refractivity contribution in [2.24, 2.45) is 7.05 Å². The summed E-state index contributed by atoms with van der Waals surface area (Å²) < 4.78 is 39.4. The summed E-state index contributed by atoms with van der Waals surface area (Å²) in [5.74, 6) is 0. The molecule has 1 aromatic rings. The van der Waals surface area contributed by atoms with E-state index in [9.17, 15) is 12.8 Å². The van der Waals surface area contributed by atoms with Gasteiger partial charge in [-0.3, -0.25) is 9.58 Å². The number of aryl methyl sites for hydroxylation is 1. The van der Waals surface area contributed by atoms with Gasteiger partial charge in [0.25, 0.3) is 0 Å². The van der Waals surface area contributed by atoms with Crippen molar-refractivity contribution < 1.29 is 12.8 Å². The van der Waals surface area contributed by atoms with Crippen molar-refractivity contribution in [3.8, 4) is 0 Å². The van der Waals surface area contributed by atoms with Gasteiger partial charge in [-0.15, -0.1) is 0 Å². The minimum Gasteiger partial charge on any atom is -0.312 e. The molecule has 0 bridgehead atoms. The predicted octanol–water partition coefficient (Wildman–Crippen LogP) is 1.28. The molecule has 1 N–H and O–H groups in total. The summed E-state index contributed by atoms with van der Waals surface area (Å²) in [5.41, 5.74) is 1.08. The van der Waals surface area contributed by atoms with E-state index in [0.29, 0.717) is 32.5 Å². The van der Waals surface area contributed by atoms with Gasteiger partial charge >= 0.3 is 0 Å². The molecule has 0 amide bonds. The van der Waals surface area contributed by atoms with Gasteiger partial charge in [0.1, 0.15) is 16.0 Å². The van der Waals surface area contributed by atoms with E-state index in [-0.39, 0.29) is 17.3 Å². The molecule has 1 saturated heterocycles. The number of nitrogens with one attached hydrogen (secondary N) is 1. The van der Waals surface area contributed by atoms with Gasteiger partial charge in [-0.1, -0.05) is 6.42 Å². The number of hydrogen-bond donors (Lipinski definition) is 1. The summed E-state index contributed by atoms with van der Waals surface area (Å²) in [4.78, 5) is 2.17. The maximum atomic E-state index is 14.0. The Morgan fingerprint density at radius 2 is 2.16 bits per heavy atom. The summed E-state index contributed by atoms with van der Waals surface area (Å²) in [6, 6.07) is 2.32. The quantitative estimate of drug-likeness (QED) is 0.815. The molecule has 4 atom stereocenters. The molecule has 0 aromatic carbocycles. The highest BCUT2D eigenvalue weighted by Gasteiger charge is 2.34. The molecule has 1 aliphatic heterocycles. The number of alkyl halides is 1. The van der Waals surface area contributed by atoms with Crippen LogP contribution in [0.3, 0.4) is 0 Å². The van der Waals surface area contributed by atoms with Crippen LogP contribution in [-0.2, 0) is 23.4 Å². The summed E-state index contributed by atoms with van der Waals surface area (Å²) >= 11 is 0. The van der Waals surface area contributed by atoms with Crippen molar-refractivity contribution >= 4 is 9.84 Å². The van der Waals surface area contributed by atoms with Gasteiger partial charge in [-0.05, 0) is 31.7 Å². The van der Waals surface area contributed by atoms with Crippen LogP contribution in [0.5, 0.6) is 0 Å².